The Balaban J connectivity index is 1.61. The van der Waals surface area contributed by atoms with E-state index in [0.29, 0.717) is 37.6 Å². The third-order valence-electron chi connectivity index (χ3n) is 5.32. The number of hydrogen-bond acceptors (Lipinski definition) is 6. The van der Waals surface area contributed by atoms with Gasteiger partial charge in [-0.05, 0) is 25.7 Å². The predicted octanol–water partition coefficient (Wildman–Crippen LogP) is 1.03. The SMILES string of the molecule is CCc1nn(C)c(N2CCN(CC(=O)N3CCCCC3)CC2)c1[N+](=O)[O-]. The summed E-state index contributed by atoms with van der Waals surface area (Å²) in [6.07, 6.45) is 3.95. The first kappa shape index (κ1) is 18.6. The fourth-order valence-corrected chi connectivity index (χ4v) is 3.89. The average Bonchev–Trinajstić information content (AvgIpc) is 3.00. The number of nitrogens with zero attached hydrogens (tertiary/aromatic N) is 6. The quantitative estimate of drug-likeness (QED) is 0.573. The van der Waals surface area contributed by atoms with Gasteiger partial charge in [-0.2, -0.15) is 5.10 Å². The number of aryl methyl sites for hydroxylation is 2. The maximum atomic E-state index is 12.4. The Morgan fingerprint density at radius 3 is 2.35 bits per heavy atom. The maximum Gasteiger partial charge on any atom is 0.334 e. The first-order valence-electron chi connectivity index (χ1n) is 9.46. The summed E-state index contributed by atoms with van der Waals surface area (Å²) in [6.45, 7) is 6.85. The van der Waals surface area contributed by atoms with Gasteiger partial charge in [0.1, 0.15) is 5.69 Å². The first-order valence-corrected chi connectivity index (χ1v) is 9.46. The summed E-state index contributed by atoms with van der Waals surface area (Å²) in [7, 11) is 1.76. The number of nitro groups is 1. The molecule has 2 aliphatic heterocycles. The summed E-state index contributed by atoms with van der Waals surface area (Å²) in [6, 6.07) is 0. The smallest absolute Gasteiger partial charge is 0.334 e. The van der Waals surface area contributed by atoms with E-state index in [-0.39, 0.29) is 16.5 Å². The number of piperazine rings is 1. The molecule has 0 unspecified atom stereocenters. The topological polar surface area (TPSA) is 87.8 Å². The van der Waals surface area contributed by atoms with Crippen LogP contribution in [0, 0.1) is 10.1 Å². The molecule has 0 saturated carbocycles. The minimum Gasteiger partial charge on any atom is -0.349 e. The van der Waals surface area contributed by atoms with E-state index in [1.807, 2.05) is 16.7 Å². The van der Waals surface area contributed by atoms with Gasteiger partial charge in [0.15, 0.2) is 0 Å². The molecule has 3 rings (SSSR count). The summed E-state index contributed by atoms with van der Waals surface area (Å²) >= 11 is 0. The van der Waals surface area contributed by atoms with Crippen molar-refractivity contribution in [1.82, 2.24) is 19.6 Å². The Morgan fingerprint density at radius 1 is 1.12 bits per heavy atom. The molecule has 144 valence electrons. The van der Waals surface area contributed by atoms with Gasteiger partial charge >= 0.3 is 5.69 Å². The molecule has 0 aromatic carbocycles. The van der Waals surface area contributed by atoms with Crippen molar-refractivity contribution in [3.63, 3.8) is 0 Å². The molecule has 1 amide bonds. The zero-order valence-electron chi connectivity index (χ0n) is 15.7. The summed E-state index contributed by atoms with van der Waals surface area (Å²) in [5, 5.41) is 15.8. The molecule has 2 aliphatic rings. The van der Waals surface area contributed by atoms with Gasteiger partial charge in [-0.25, -0.2) is 4.68 Å². The Bertz CT molecular complexity index is 660. The molecule has 0 radical (unpaired) electrons. The van der Waals surface area contributed by atoms with Gasteiger partial charge in [0.2, 0.25) is 11.7 Å². The van der Waals surface area contributed by atoms with Crippen molar-refractivity contribution in [1.29, 1.82) is 0 Å². The Labute approximate surface area is 153 Å². The van der Waals surface area contributed by atoms with E-state index in [0.717, 1.165) is 39.0 Å². The van der Waals surface area contributed by atoms with E-state index in [1.54, 1.807) is 11.7 Å². The van der Waals surface area contributed by atoms with Crippen LogP contribution in [0.25, 0.3) is 0 Å². The van der Waals surface area contributed by atoms with Gasteiger partial charge in [0.05, 0.1) is 11.5 Å². The molecule has 1 aromatic rings. The fourth-order valence-electron chi connectivity index (χ4n) is 3.89. The van der Waals surface area contributed by atoms with Crippen LogP contribution in [0.1, 0.15) is 31.9 Å². The number of amides is 1. The Kier molecular flexibility index (Phi) is 5.75. The van der Waals surface area contributed by atoms with E-state index in [9.17, 15) is 14.9 Å². The predicted molar refractivity (Wildman–Crippen MR) is 98.3 cm³/mol. The lowest BCUT2D eigenvalue weighted by molar-refractivity contribution is -0.384. The zero-order chi connectivity index (χ0) is 18.7. The third kappa shape index (κ3) is 3.82. The van der Waals surface area contributed by atoms with Gasteiger partial charge < -0.3 is 9.80 Å². The second-order valence-corrected chi connectivity index (χ2v) is 7.06. The van der Waals surface area contributed by atoms with Crippen molar-refractivity contribution in [2.75, 3.05) is 50.7 Å². The highest BCUT2D eigenvalue weighted by Crippen LogP contribution is 2.32. The molecule has 0 atom stereocenters. The molecule has 3 heterocycles. The summed E-state index contributed by atoms with van der Waals surface area (Å²) in [5.74, 6) is 0.784. The highest BCUT2D eigenvalue weighted by atomic mass is 16.6. The molecule has 0 spiro atoms. The van der Waals surface area contributed by atoms with Crippen LogP contribution in [-0.2, 0) is 18.3 Å². The van der Waals surface area contributed by atoms with Crippen molar-refractivity contribution in [3.8, 4) is 0 Å². The monoisotopic (exact) mass is 364 g/mol. The molecular weight excluding hydrogens is 336 g/mol. The maximum absolute atomic E-state index is 12.4. The summed E-state index contributed by atoms with van der Waals surface area (Å²) in [5.41, 5.74) is 0.642. The normalized spacial score (nSPS) is 19.0. The lowest BCUT2D eigenvalue weighted by atomic mass is 10.1. The highest BCUT2D eigenvalue weighted by Gasteiger charge is 2.32. The van der Waals surface area contributed by atoms with Crippen molar-refractivity contribution in [3.05, 3.63) is 15.8 Å². The van der Waals surface area contributed by atoms with Crippen LogP contribution < -0.4 is 4.90 Å². The minimum absolute atomic E-state index is 0.118. The number of rotatable bonds is 5. The van der Waals surface area contributed by atoms with E-state index < -0.39 is 0 Å². The van der Waals surface area contributed by atoms with Gasteiger partial charge in [0, 0.05) is 46.3 Å². The van der Waals surface area contributed by atoms with Crippen molar-refractivity contribution >= 4 is 17.4 Å². The number of piperidine rings is 1. The van der Waals surface area contributed by atoms with E-state index in [2.05, 4.69) is 10.00 Å². The molecule has 0 bridgehead atoms. The van der Waals surface area contributed by atoms with Crippen molar-refractivity contribution in [2.24, 2.45) is 7.05 Å². The standard InChI is InChI=1S/C17H28N6O3/c1-3-14-16(23(25)26)17(19(2)18-14)22-11-9-20(10-12-22)13-15(24)21-7-5-4-6-8-21/h3-13H2,1-2H3. The second-order valence-electron chi connectivity index (χ2n) is 7.06. The van der Waals surface area contributed by atoms with Crippen LogP contribution in [-0.4, -0.2) is 76.2 Å². The number of aromatic nitrogens is 2. The molecule has 26 heavy (non-hydrogen) atoms. The van der Waals surface area contributed by atoms with Crippen molar-refractivity contribution in [2.45, 2.75) is 32.6 Å². The summed E-state index contributed by atoms with van der Waals surface area (Å²) < 4.78 is 1.62. The molecular formula is C17H28N6O3. The lowest BCUT2D eigenvalue weighted by Crippen LogP contribution is -2.51. The molecule has 0 aliphatic carbocycles. The largest absolute Gasteiger partial charge is 0.349 e. The molecule has 2 saturated heterocycles. The number of anilines is 1. The van der Waals surface area contributed by atoms with E-state index in [4.69, 9.17) is 0 Å². The number of carbonyl (C=O) groups excluding carboxylic acids is 1. The van der Waals surface area contributed by atoms with Crippen LogP contribution in [0.2, 0.25) is 0 Å². The van der Waals surface area contributed by atoms with Gasteiger partial charge in [-0.3, -0.25) is 19.8 Å². The molecule has 2 fully saturated rings. The minimum atomic E-state index is -0.326. The number of hydrogen-bond donors (Lipinski definition) is 0. The highest BCUT2D eigenvalue weighted by molar-refractivity contribution is 5.78. The first-order chi connectivity index (χ1) is 12.5. The zero-order valence-corrected chi connectivity index (χ0v) is 15.7. The van der Waals surface area contributed by atoms with E-state index in [1.165, 1.54) is 6.42 Å². The van der Waals surface area contributed by atoms with Gasteiger partial charge in [-0.1, -0.05) is 6.92 Å². The van der Waals surface area contributed by atoms with Crippen LogP contribution in [0.4, 0.5) is 11.5 Å². The molecule has 0 N–H and O–H groups in total. The van der Waals surface area contributed by atoms with Crippen LogP contribution >= 0.6 is 0 Å². The number of carbonyl (C=O) groups is 1. The average molecular weight is 364 g/mol. The number of likely N-dealkylation sites (tertiary alicyclic amines) is 1. The Hall–Kier alpha value is -2.16. The lowest BCUT2D eigenvalue weighted by Gasteiger charge is -2.36. The third-order valence-corrected chi connectivity index (χ3v) is 5.32. The molecule has 9 heteroatoms. The molecule has 9 nitrogen and oxygen atoms in total. The second kappa shape index (κ2) is 8.03. The van der Waals surface area contributed by atoms with Crippen LogP contribution in [0.3, 0.4) is 0 Å². The van der Waals surface area contributed by atoms with E-state index >= 15 is 0 Å². The van der Waals surface area contributed by atoms with Gasteiger partial charge in [-0.15, -0.1) is 0 Å². The fraction of sp³-hybridized carbons (Fsp3) is 0.765. The van der Waals surface area contributed by atoms with Crippen LogP contribution in [0.5, 0.6) is 0 Å². The summed E-state index contributed by atoms with van der Waals surface area (Å²) in [4.78, 5) is 29.7. The van der Waals surface area contributed by atoms with Crippen LogP contribution in [0.15, 0.2) is 0 Å². The molecule has 1 aromatic heterocycles. The van der Waals surface area contributed by atoms with Crippen molar-refractivity contribution < 1.29 is 9.72 Å². The van der Waals surface area contributed by atoms with Gasteiger partial charge in [0.25, 0.3) is 0 Å². The Morgan fingerprint density at radius 2 is 1.77 bits per heavy atom.